The Kier molecular flexibility index (Phi) is 9.33. The molecule has 3 aliphatic heterocycles. The third-order valence-electron chi connectivity index (χ3n) is 9.13. The molecule has 1 unspecified atom stereocenters. The molecule has 1 aromatic heterocycles. The van der Waals surface area contributed by atoms with Gasteiger partial charge in [0.15, 0.2) is 6.10 Å². The van der Waals surface area contributed by atoms with Crippen LogP contribution in [-0.2, 0) is 21.5 Å². The van der Waals surface area contributed by atoms with E-state index in [4.69, 9.17) is 15.6 Å². The van der Waals surface area contributed by atoms with Crippen molar-refractivity contribution in [2.24, 2.45) is 11.7 Å². The number of rotatable bonds is 7. The molecule has 4 N–H and O–H groups in total. The number of primary amides is 1. The van der Waals surface area contributed by atoms with Crippen molar-refractivity contribution in [1.82, 2.24) is 14.9 Å². The maximum Gasteiger partial charge on any atom is 0.525 e. The number of piperidine rings is 2. The molecule has 3 aliphatic rings. The number of fused-ring (bicyclic) bond motifs is 3. The number of hydrogen-bond acceptors (Lipinski definition) is 6. The number of nitrogens with one attached hydrogen (secondary N) is 1. The fraction of sp³-hybridized carbons (Fsp3) is 0.500. The van der Waals surface area contributed by atoms with Gasteiger partial charge in [-0.1, -0.05) is 31.0 Å². The Bertz CT molecular complexity index is 1380. The van der Waals surface area contributed by atoms with E-state index >= 15 is 0 Å². The number of benzene rings is 2. The molecule has 0 bridgehead atoms. The fourth-order valence-corrected chi connectivity index (χ4v) is 6.75. The Morgan fingerprint density at radius 1 is 1.12 bits per heavy atom. The van der Waals surface area contributed by atoms with Crippen LogP contribution in [0.15, 0.2) is 48.7 Å². The summed E-state index contributed by atoms with van der Waals surface area (Å²) in [7, 11) is 2.11. The zero-order valence-electron chi connectivity index (χ0n) is 24.2. The topological polar surface area (TPSA) is 121 Å². The summed E-state index contributed by atoms with van der Waals surface area (Å²) in [4.78, 5) is 32.4. The number of aryl methyl sites for hydroxylation is 1. The molecule has 2 fully saturated rings. The van der Waals surface area contributed by atoms with Crippen molar-refractivity contribution in [3.63, 3.8) is 0 Å². The lowest BCUT2D eigenvalue weighted by Crippen LogP contribution is -2.52. The predicted molar refractivity (Wildman–Crippen MR) is 158 cm³/mol. The van der Waals surface area contributed by atoms with Crippen molar-refractivity contribution in [2.45, 2.75) is 62.9 Å². The molecule has 1 atom stereocenters. The summed E-state index contributed by atoms with van der Waals surface area (Å²) in [6.45, 7) is 3.31. The van der Waals surface area contributed by atoms with Gasteiger partial charge in [0.2, 0.25) is 0 Å². The fourth-order valence-electron chi connectivity index (χ4n) is 6.75. The van der Waals surface area contributed by atoms with Crippen LogP contribution in [0.4, 0.5) is 9.18 Å². The van der Waals surface area contributed by atoms with Gasteiger partial charge in [0.05, 0.1) is 0 Å². The van der Waals surface area contributed by atoms with Gasteiger partial charge in [-0.05, 0) is 94.4 Å². The van der Waals surface area contributed by atoms with Crippen LogP contribution in [0.1, 0.15) is 56.1 Å². The van der Waals surface area contributed by atoms with Crippen LogP contribution in [0.25, 0.3) is 10.9 Å². The first-order valence-electron chi connectivity index (χ1n) is 14.9. The molecule has 0 aliphatic carbocycles. The molecule has 1 spiro atoms. The maximum atomic E-state index is 13.4. The summed E-state index contributed by atoms with van der Waals surface area (Å²) < 4.78 is 19.2. The van der Waals surface area contributed by atoms with Crippen molar-refractivity contribution in [3.8, 4) is 5.75 Å². The summed E-state index contributed by atoms with van der Waals surface area (Å²) >= 11 is 0. The van der Waals surface area contributed by atoms with Crippen LogP contribution in [0, 0.1) is 11.7 Å². The number of carbonyl (C=O) groups excluding carboxylic acids is 1. The number of hydrogen-bond donors (Lipinski definition) is 3. The molecule has 2 aromatic carbocycles. The Balaban J connectivity index is 0.000000175. The predicted octanol–water partition coefficient (Wildman–Crippen LogP) is 5.24. The van der Waals surface area contributed by atoms with Gasteiger partial charge < -0.3 is 30.3 Å². The number of aromatic amines is 1. The molecular formula is C32H41FN4O5. The highest BCUT2D eigenvalue weighted by molar-refractivity contribution is 5.83. The molecule has 3 aromatic rings. The Morgan fingerprint density at radius 3 is 2.57 bits per heavy atom. The summed E-state index contributed by atoms with van der Waals surface area (Å²) in [6, 6.07) is 12.8. The molecule has 42 heavy (non-hydrogen) atoms. The minimum absolute atomic E-state index is 0.196. The van der Waals surface area contributed by atoms with Gasteiger partial charge in [-0.2, -0.15) is 0 Å². The van der Waals surface area contributed by atoms with E-state index in [-0.39, 0.29) is 17.1 Å². The molecule has 9 nitrogen and oxygen atoms in total. The van der Waals surface area contributed by atoms with Crippen LogP contribution in [-0.4, -0.2) is 71.4 Å². The zero-order valence-corrected chi connectivity index (χ0v) is 24.2. The monoisotopic (exact) mass is 580 g/mol. The van der Waals surface area contributed by atoms with Gasteiger partial charge in [0.1, 0.15) is 11.6 Å². The van der Waals surface area contributed by atoms with E-state index in [0.717, 1.165) is 86.7 Å². The van der Waals surface area contributed by atoms with Crippen LogP contribution < -0.4 is 10.5 Å². The molecule has 0 saturated carbocycles. The number of carboxylic acid groups (broad SMARTS) is 1. The molecule has 226 valence electrons. The Hall–Kier alpha value is -3.63. The minimum atomic E-state index is -1.23. The van der Waals surface area contributed by atoms with Crippen molar-refractivity contribution in [2.75, 3.05) is 33.2 Å². The van der Waals surface area contributed by atoms with Gasteiger partial charge in [-0.15, -0.1) is 5.06 Å². The van der Waals surface area contributed by atoms with E-state index < -0.39 is 12.3 Å². The van der Waals surface area contributed by atoms with Crippen LogP contribution in [0.3, 0.4) is 0 Å². The van der Waals surface area contributed by atoms with Crippen LogP contribution >= 0.6 is 0 Å². The molecule has 0 radical (unpaired) electrons. The number of nitrogens with zero attached hydrogens (tertiary/aromatic N) is 2. The number of ether oxygens (including phenoxy) is 1. The lowest BCUT2D eigenvalue weighted by Gasteiger charge is -2.39. The minimum Gasteiger partial charge on any atom is -0.479 e. The number of halogens is 1. The number of unbranched alkanes of at least 4 members (excludes halogenated alkanes) is 1. The number of nitrogens with two attached hydrogens (primary N) is 1. The van der Waals surface area contributed by atoms with Crippen LogP contribution in [0.2, 0.25) is 0 Å². The first-order chi connectivity index (χ1) is 20.2. The van der Waals surface area contributed by atoms with Crippen molar-refractivity contribution >= 4 is 23.0 Å². The Labute approximate surface area is 245 Å². The van der Waals surface area contributed by atoms with Crippen molar-refractivity contribution < 1.29 is 28.7 Å². The number of amides is 1. The second-order valence-corrected chi connectivity index (χ2v) is 11.8. The molecule has 6 rings (SSSR count). The smallest absolute Gasteiger partial charge is 0.479 e. The molecule has 10 heteroatoms. The van der Waals surface area contributed by atoms with Gasteiger partial charge in [0.25, 0.3) is 5.91 Å². The first kappa shape index (κ1) is 29.8. The van der Waals surface area contributed by atoms with Gasteiger partial charge in [0, 0.05) is 41.2 Å². The molecular weight excluding hydrogens is 539 g/mol. The zero-order chi connectivity index (χ0) is 29.7. The SMILES string of the molecule is CN1CCC2(CC1)c1ccccc1OC2C(N)=O.O=C(O)ON1CCC(CCCCc2c[nH]c3ccc(F)cc23)CC1. The lowest BCUT2D eigenvalue weighted by atomic mass is 9.70. The third kappa shape index (κ3) is 6.71. The van der Waals surface area contributed by atoms with Gasteiger partial charge in [-0.3, -0.25) is 4.79 Å². The maximum absolute atomic E-state index is 13.4. The van der Waals surface area contributed by atoms with E-state index in [9.17, 15) is 14.0 Å². The molecule has 4 heterocycles. The number of para-hydroxylation sites is 1. The van der Waals surface area contributed by atoms with Crippen molar-refractivity contribution in [3.05, 3.63) is 65.6 Å². The quantitative estimate of drug-likeness (QED) is 0.327. The summed E-state index contributed by atoms with van der Waals surface area (Å²) in [5, 5.41) is 11.1. The molecule has 2 saturated heterocycles. The standard InChI is InChI=1S/C18H23FN2O3.C14H18N2O2/c19-15-5-6-17-16(11-15)14(12-20-17)4-2-1-3-13-7-9-21(10-8-13)24-18(22)23;1-16-8-6-14(7-9-16)10-4-2-3-5-11(10)18-12(14)13(15)17/h5-6,11-13,20H,1-4,7-10H2,(H,22,23);2-5,12H,6-9H2,1H3,(H2,15,17). The summed E-state index contributed by atoms with van der Waals surface area (Å²) in [6.07, 6.45) is 8.35. The highest BCUT2D eigenvalue weighted by Gasteiger charge is 2.52. The lowest BCUT2D eigenvalue weighted by molar-refractivity contribution is -0.136. The largest absolute Gasteiger partial charge is 0.525 e. The van der Waals surface area contributed by atoms with E-state index in [2.05, 4.69) is 27.8 Å². The van der Waals surface area contributed by atoms with E-state index in [1.807, 2.05) is 24.4 Å². The highest BCUT2D eigenvalue weighted by Crippen LogP contribution is 2.49. The number of hydroxylamine groups is 2. The number of likely N-dealkylation sites (tertiary alicyclic amines) is 1. The number of carbonyl (C=O) groups is 2. The first-order valence-corrected chi connectivity index (χ1v) is 14.9. The Morgan fingerprint density at radius 2 is 1.86 bits per heavy atom. The van der Waals surface area contributed by atoms with E-state index in [1.165, 1.54) is 16.7 Å². The van der Waals surface area contributed by atoms with Crippen molar-refractivity contribution in [1.29, 1.82) is 0 Å². The second kappa shape index (κ2) is 13.1. The molecule has 1 amide bonds. The summed E-state index contributed by atoms with van der Waals surface area (Å²) in [5.74, 6) is 0.916. The second-order valence-electron chi connectivity index (χ2n) is 11.8. The van der Waals surface area contributed by atoms with Gasteiger partial charge >= 0.3 is 6.16 Å². The number of aromatic nitrogens is 1. The average molecular weight is 581 g/mol. The number of H-pyrrole nitrogens is 1. The third-order valence-corrected chi connectivity index (χ3v) is 9.13. The van der Waals surface area contributed by atoms with E-state index in [1.54, 1.807) is 12.1 Å². The summed E-state index contributed by atoms with van der Waals surface area (Å²) in [5.41, 5.74) is 8.64. The van der Waals surface area contributed by atoms with E-state index in [0.29, 0.717) is 19.0 Å². The average Bonchev–Trinajstić information content (AvgIpc) is 3.52. The normalized spacial score (nSPS) is 20.5. The van der Waals surface area contributed by atoms with Gasteiger partial charge in [-0.25, -0.2) is 9.18 Å². The van der Waals surface area contributed by atoms with Crippen LogP contribution in [0.5, 0.6) is 5.75 Å². The highest BCUT2D eigenvalue weighted by atomic mass is 19.1.